The van der Waals surface area contributed by atoms with E-state index in [0.29, 0.717) is 0 Å². The summed E-state index contributed by atoms with van der Waals surface area (Å²) < 4.78 is 0. The van der Waals surface area contributed by atoms with Gasteiger partial charge in [0.25, 0.3) is 5.69 Å². The molecular formula is C12H15N5O2. The normalized spacial score (nSPS) is 10.3. The average Bonchev–Trinajstić information content (AvgIpc) is 2.87. The van der Waals surface area contributed by atoms with Crippen LogP contribution in [0.25, 0.3) is 0 Å². The van der Waals surface area contributed by atoms with Gasteiger partial charge in [0, 0.05) is 37.1 Å². The summed E-state index contributed by atoms with van der Waals surface area (Å²) in [5.41, 5.74) is 6.49. The number of nitrogens with one attached hydrogen (secondary N) is 2. The number of imidazole rings is 1. The molecule has 1 heterocycles. The molecule has 0 amide bonds. The number of nitro groups is 1. The Bertz CT molecular complexity index is 553. The predicted octanol–water partition coefficient (Wildman–Crippen LogP) is 1.94. The molecule has 2 aromatic rings. The standard InChI is InChI=1S/C12H15N5O2/c13-10-8-9(3-4-11(10)17(18)19)14-5-1-2-12-15-6-7-16-12/h3-4,6-8,14H,1-2,5,13H2,(H,15,16). The van der Waals surface area contributed by atoms with E-state index in [1.54, 1.807) is 24.5 Å². The molecule has 4 N–H and O–H groups in total. The number of hydrogen-bond acceptors (Lipinski definition) is 5. The fraction of sp³-hybridized carbons (Fsp3) is 0.250. The molecular weight excluding hydrogens is 246 g/mol. The maximum atomic E-state index is 10.6. The van der Waals surface area contributed by atoms with Crippen LogP contribution in [0.15, 0.2) is 30.6 Å². The van der Waals surface area contributed by atoms with Crippen molar-refractivity contribution in [1.29, 1.82) is 0 Å². The van der Waals surface area contributed by atoms with Gasteiger partial charge in [0.05, 0.1) is 4.92 Å². The van der Waals surface area contributed by atoms with Crippen LogP contribution in [0.1, 0.15) is 12.2 Å². The minimum Gasteiger partial charge on any atom is -0.393 e. The lowest BCUT2D eigenvalue weighted by Gasteiger charge is -2.06. The van der Waals surface area contributed by atoms with Crippen LogP contribution in [0.3, 0.4) is 0 Å². The number of nitrogens with two attached hydrogens (primary N) is 1. The Morgan fingerprint density at radius 1 is 1.47 bits per heavy atom. The van der Waals surface area contributed by atoms with E-state index in [4.69, 9.17) is 5.73 Å². The van der Waals surface area contributed by atoms with Crippen LogP contribution in [0.4, 0.5) is 17.1 Å². The largest absolute Gasteiger partial charge is 0.393 e. The number of aromatic amines is 1. The smallest absolute Gasteiger partial charge is 0.292 e. The number of hydrogen-bond donors (Lipinski definition) is 3. The van der Waals surface area contributed by atoms with Crippen LogP contribution in [-0.4, -0.2) is 21.4 Å². The molecule has 0 saturated carbocycles. The van der Waals surface area contributed by atoms with Gasteiger partial charge in [-0.25, -0.2) is 4.98 Å². The van der Waals surface area contributed by atoms with E-state index in [1.807, 2.05) is 0 Å². The molecule has 0 aliphatic heterocycles. The zero-order valence-electron chi connectivity index (χ0n) is 10.3. The monoisotopic (exact) mass is 261 g/mol. The lowest BCUT2D eigenvalue weighted by molar-refractivity contribution is -0.383. The molecule has 0 aliphatic carbocycles. The first-order chi connectivity index (χ1) is 9.16. The molecule has 0 atom stereocenters. The summed E-state index contributed by atoms with van der Waals surface area (Å²) in [7, 11) is 0. The minimum absolute atomic E-state index is 0.0684. The highest BCUT2D eigenvalue weighted by Gasteiger charge is 2.10. The first-order valence-electron chi connectivity index (χ1n) is 5.93. The summed E-state index contributed by atoms with van der Waals surface area (Å²) in [5.74, 6) is 0.949. The molecule has 0 aliphatic rings. The number of anilines is 2. The number of aromatic nitrogens is 2. The first kappa shape index (κ1) is 12.9. The van der Waals surface area contributed by atoms with Gasteiger partial charge in [0.2, 0.25) is 0 Å². The highest BCUT2D eigenvalue weighted by atomic mass is 16.6. The third-order valence-electron chi connectivity index (χ3n) is 2.70. The van der Waals surface area contributed by atoms with E-state index < -0.39 is 4.92 Å². The topological polar surface area (TPSA) is 110 Å². The fourth-order valence-electron chi connectivity index (χ4n) is 1.75. The van der Waals surface area contributed by atoms with Crippen molar-refractivity contribution < 1.29 is 4.92 Å². The number of rotatable bonds is 6. The van der Waals surface area contributed by atoms with Crippen molar-refractivity contribution in [2.75, 3.05) is 17.6 Å². The van der Waals surface area contributed by atoms with E-state index in [0.717, 1.165) is 30.9 Å². The van der Waals surface area contributed by atoms with Crippen molar-refractivity contribution in [2.45, 2.75) is 12.8 Å². The highest BCUT2D eigenvalue weighted by molar-refractivity contribution is 5.65. The quantitative estimate of drug-likeness (QED) is 0.318. The van der Waals surface area contributed by atoms with Crippen LogP contribution in [0.2, 0.25) is 0 Å². The SMILES string of the molecule is Nc1cc(NCCCc2ncc[nH]2)ccc1[N+](=O)[O-]. The zero-order chi connectivity index (χ0) is 13.7. The van der Waals surface area contributed by atoms with Gasteiger partial charge in [-0.3, -0.25) is 10.1 Å². The molecule has 1 aromatic carbocycles. The fourth-order valence-corrected chi connectivity index (χ4v) is 1.75. The minimum atomic E-state index is -0.490. The Morgan fingerprint density at radius 2 is 2.32 bits per heavy atom. The van der Waals surface area contributed by atoms with Gasteiger partial charge in [-0.2, -0.15) is 0 Å². The maximum Gasteiger partial charge on any atom is 0.292 e. The van der Waals surface area contributed by atoms with Crippen molar-refractivity contribution in [1.82, 2.24) is 9.97 Å². The number of nitrogens with zero attached hydrogens (tertiary/aromatic N) is 2. The van der Waals surface area contributed by atoms with Crippen LogP contribution in [-0.2, 0) is 6.42 Å². The number of nitrogen functional groups attached to an aromatic ring is 1. The predicted molar refractivity (Wildman–Crippen MR) is 72.9 cm³/mol. The van der Waals surface area contributed by atoms with Crippen LogP contribution in [0.5, 0.6) is 0 Å². The summed E-state index contributed by atoms with van der Waals surface area (Å²) >= 11 is 0. The third-order valence-corrected chi connectivity index (χ3v) is 2.70. The second-order valence-electron chi connectivity index (χ2n) is 4.10. The molecule has 0 unspecified atom stereocenters. The first-order valence-corrected chi connectivity index (χ1v) is 5.93. The molecule has 0 spiro atoms. The number of aryl methyl sites for hydroxylation is 1. The van der Waals surface area contributed by atoms with Gasteiger partial charge < -0.3 is 16.0 Å². The molecule has 0 bridgehead atoms. The summed E-state index contributed by atoms with van der Waals surface area (Å²) in [6, 6.07) is 4.64. The summed E-state index contributed by atoms with van der Waals surface area (Å²) in [4.78, 5) is 17.3. The second kappa shape index (κ2) is 5.85. The highest BCUT2D eigenvalue weighted by Crippen LogP contribution is 2.24. The Morgan fingerprint density at radius 3 is 2.95 bits per heavy atom. The molecule has 0 saturated heterocycles. The van der Waals surface area contributed by atoms with E-state index in [1.165, 1.54) is 6.07 Å². The second-order valence-corrected chi connectivity index (χ2v) is 4.10. The molecule has 19 heavy (non-hydrogen) atoms. The molecule has 0 radical (unpaired) electrons. The van der Waals surface area contributed by atoms with E-state index >= 15 is 0 Å². The number of H-pyrrole nitrogens is 1. The third kappa shape index (κ3) is 3.44. The summed E-state index contributed by atoms with van der Waals surface area (Å²) in [6.45, 7) is 0.748. The maximum absolute atomic E-state index is 10.6. The molecule has 0 fully saturated rings. The Kier molecular flexibility index (Phi) is 3.97. The van der Waals surface area contributed by atoms with Crippen molar-refractivity contribution in [3.63, 3.8) is 0 Å². The Balaban J connectivity index is 1.83. The lowest BCUT2D eigenvalue weighted by atomic mass is 10.2. The van der Waals surface area contributed by atoms with Crippen molar-refractivity contribution in [2.24, 2.45) is 0 Å². The zero-order valence-corrected chi connectivity index (χ0v) is 10.3. The van der Waals surface area contributed by atoms with Crippen LogP contribution < -0.4 is 11.1 Å². The molecule has 2 rings (SSSR count). The number of benzene rings is 1. The van der Waals surface area contributed by atoms with E-state index in [9.17, 15) is 10.1 Å². The Hall–Kier alpha value is -2.57. The summed E-state index contributed by atoms with van der Waals surface area (Å²) in [5, 5.41) is 13.8. The average molecular weight is 261 g/mol. The van der Waals surface area contributed by atoms with Crippen molar-refractivity contribution >= 4 is 17.1 Å². The Labute approximate surface area is 110 Å². The number of nitro benzene ring substituents is 1. The van der Waals surface area contributed by atoms with Gasteiger partial charge >= 0.3 is 0 Å². The molecule has 1 aromatic heterocycles. The van der Waals surface area contributed by atoms with Gasteiger partial charge in [-0.15, -0.1) is 0 Å². The van der Waals surface area contributed by atoms with Crippen molar-refractivity contribution in [3.8, 4) is 0 Å². The van der Waals surface area contributed by atoms with E-state index in [2.05, 4.69) is 15.3 Å². The van der Waals surface area contributed by atoms with Crippen LogP contribution in [0, 0.1) is 10.1 Å². The van der Waals surface area contributed by atoms with Crippen molar-refractivity contribution in [3.05, 3.63) is 46.5 Å². The van der Waals surface area contributed by atoms with Crippen LogP contribution >= 0.6 is 0 Å². The van der Waals surface area contributed by atoms with Gasteiger partial charge in [0.15, 0.2) is 0 Å². The molecule has 100 valence electrons. The van der Waals surface area contributed by atoms with Gasteiger partial charge in [0.1, 0.15) is 11.5 Å². The van der Waals surface area contributed by atoms with Gasteiger partial charge in [-0.05, 0) is 18.6 Å². The molecule has 7 nitrogen and oxygen atoms in total. The van der Waals surface area contributed by atoms with E-state index in [-0.39, 0.29) is 11.4 Å². The summed E-state index contributed by atoms with van der Waals surface area (Å²) in [6.07, 6.45) is 5.27. The lowest BCUT2D eigenvalue weighted by Crippen LogP contribution is -2.04. The van der Waals surface area contributed by atoms with Gasteiger partial charge in [-0.1, -0.05) is 0 Å². The molecule has 7 heteroatoms.